The number of halogens is 2. The van der Waals surface area contributed by atoms with Gasteiger partial charge in [0.2, 0.25) is 0 Å². The van der Waals surface area contributed by atoms with Crippen LogP contribution in [-0.2, 0) is 12.8 Å². The molecular formula is C14H20Br2. The van der Waals surface area contributed by atoms with Crippen molar-refractivity contribution >= 4 is 31.9 Å². The molecule has 0 saturated heterocycles. The van der Waals surface area contributed by atoms with E-state index in [0.717, 1.165) is 0 Å². The fraction of sp³-hybridized carbons (Fsp3) is 0.571. The van der Waals surface area contributed by atoms with E-state index in [9.17, 15) is 0 Å². The molecule has 1 rings (SSSR count). The Hall–Kier alpha value is 0.180. The summed E-state index contributed by atoms with van der Waals surface area (Å²) in [6, 6.07) is 9.07. The molecular weight excluding hydrogens is 328 g/mol. The van der Waals surface area contributed by atoms with E-state index in [1.807, 2.05) is 0 Å². The van der Waals surface area contributed by atoms with Crippen LogP contribution in [0.4, 0.5) is 0 Å². The van der Waals surface area contributed by atoms with Gasteiger partial charge in [-0.25, -0.2) is 0 Å². The Labute approximate surface area is 116 Å². The maximum atomic E-state index is 3.58. The number of hydrogen-bond donors (Lipinski definition) is 0. The lowest BCUT2D eigenvalue weighted by Gasteiger charge is -2.06. The predicted molar refractivity (Wildman–Crippen MR) is 79.9 cm³/mol. The van der Waals surface area contributed by atoms with Gasteiger partial charge in [-0.2, -0.15) is 0 Å². The van der Waals surface area contributed by atoms with E-state index in [-0.39, 0.29) is 0 Å². The third-order valence-electron chi connectivity index (χ3n) is 2.68. The summed E-state index contributed by atoms with van der Waals surface area (Å²) < 4.78 is 0. The maximum Gasteiger partial charge on any atom is 0.0120 e. The van der Waals surface area contributed by atoms with E-state index in [1.165, 1.54) is 36.8 Å². The molecule has 0 radical (unpaired) electrons. The smallest absolute Gasteiger partial charge is 0.0120 e. The largest absolute Gasteiger partial charge is 0.0894 e. The van der Waals surface area contributed by atoms with Crippen molar-refractivity contribution in [3.05, 3.63) is 35.4 Å². The molecule has 2 atom stereocenters. The summed E-state index contributed by atoms with van der Waals surface area (Å²) in [5.74, 6) is 0. The van der Waals surface area contributed by atoms with Gasteiger partial charge in [0.15, 0.2) is 0 Å². The highest BCUT2D eigenvalue weighted by Crippen LogP contribution is 2.14. The first-order chi connectivity index (χ1) is 7.58. The van der Waals surface area contributed by atoms with E-state index >= 15 is 0 Å². The minimum atomic E-state index is 0.612. The van der Waals surface area contributed by atoms with Crippen molar-refractivity contribution in [2.75, 3.05) is 0 Å². The van der Waals surface area contributed by atoms with Crippen LogP contribution in [0.25, 0.3) is 0 Å². The number of alkyl halides is 2. The molecule has 0 N–H and O–H groups in total. The van der Waals surface area contributed by atoms with Crippen LogP contribution >= 0.6 is 31.9 Å². The van der Waals surface area contributed by atoms with E-state index < -0.39 is 0 Å². The van der Waals surface area contributed by atoms with Gasteiger partial charge in [0.1, 0.15) is 0 Å². The molecule has 0 fully saturated rings. The molecule has 0 spiro atoms. The molecule has 0 aliphatic heterocycles. The van der Waals surface area contributed by atoms with Gasteiger partial charge >= 0.3 is 0 Å². The van der Waals surface area contributed by atoms with Crippen LogP contribution < -0.4 is 0 Å². The van der Waals surface area contributed by atoms with Crippen LogP contribution in [0.15, 0.2) is 24.3 Å². The number of benzene rings is 1. The number of rotatable bonds is 6. The van der Waals surface area contributed by atoms with Crippen LogP contribution in [0.3, 0.4) is 0 Å². The number of aryl methyl sites for hydroxylation is 2. The van der Waals surface area contributed by atoms with Crippen molar-refractivity contribution in [3.63, 3.8) is 0 Å². The van der Waals surface area contributed by atoms with Crippen LogP contribution in [0.5, 0.6) is 0 Å². The van der Waals surface area contributed by atoms with Gasteiger partial charge in [0, 0.05) is 9.65 Å². The maximum absolute atomic E-state index is 3.58. The molecule has 0 amide bonds. The standard InChI is InChI=1S/C14H20Br2/c1-11(15)3-5-13-7-9-14(10-8-13)6-4-12(2)16/h7-12H,3-6H2,1-2H3/t11-,12+. The van der Waals surface area contributed by atoms with Gasteiger partial charge in [-0.3, -0.25) is 0 Å². The zero-order chi connectivity index (χ0) is 12.0. The molecule has 2 heteroatoms. The third kappa shape index (κ3) is 6.05. The van der Waals surface area contributed by atoms with Gasteiger partial charge in [0.05, 0.1) is 0 Å². The molecule has 0 aromatic heterocycles. The lowest BCUT2D eigenvalue weighted by molar-refractivity contribution is 0.811. The second kappa shape index (κ2) is 7.50. The molecule has 1 aromatic rings. The van der Waals surface area contributed by atoms with E-state index in [2.05, 4.69) is 70.0 Å². The zero-order valence-electron chi connectivity index (χ0n) is 10.0. The summed E-state index contributed by atoms with van der Waals surface area (Å²) in [6.45, 7) is 4.40. The average molecular weight is 348 g/mol. The van der Waals surface area contributed by atoms with Crippen LogP contribution in [0.2, 0.25) is 0 Å². The van der Waals surface area contributed by atoms with Gasteiger partial charge in [-0.05, 0) is 36.8 Å². The predicted octanol–water partition coefficient (Wildman–Crippen LogP) is 5.12. The molecule has 16 heavy (non-hydrogen) atoms. The lowest BCUT2D eigenvalue weighted by Crippen LogP contribution is -1.96. The molecule has 0 aliphatic rings. The van der Waals surface area contributed by atoms with Crippen LogP contribution in [0.1, 0.15) is 37.8 Å². The van der Waals surface area contributed by atoms with Crippen molar-refractivity contribution < 1.29 is 0 Å². The summed E-state index contributed by atoms with van der Waals surface area (Å²) in [4.78, 5) is 1.22. The lowest BCUT2D eigenvalue weighted by atomic mass is 10.0. The second-order valence-electron chi connectivity index (χ2n) is 4.46. The van der Waals surface area contributed by atoms with E-state index in [1.54, 1.807) is 0 Å². The van der Waals surface area contributed by atoms with Crippen molar-refractivity contribution in [1.29, 1.82) is 0 Å². The summed E-state index contributed by atoms with van der Waals surface area (Å²) in [5.41, 5.74) is 2.89. The second-order valence-corrected chi connectivity index (χ2v) is 7.58. The van der Waals surface area contributed by atoms with Crippen LogP contribution in [0, 0.1) is 0 Å². The van der Waals surface area contributed by atoms with Crippen molar-refractivity contribution in [2.24, 2.45) is 0 Å². The van der Waals surface area contributed by atoms with Crippen molar-refractivity contribution in [2.45, 2.75) is 49.2 Å². The first kappa shape index (κ1) is 14.2. The Bertz CT molecular complexity index is 257. The quantitative estimate of drug-likeness (QED) is 0.626. The van der Waals surface area contributed by atoms with Gasteiger partial charge in [-0.15, -0.1) is 0 Å². The van der Waals surface area contributed by atoms with Crippen molar-refractivity contribution in [3.8, 4) is 0 Å². The summed E-state index contributed by atoms with van der Waals surface area (Å²) >= 11 is 7.16. The van der Waals surface area contributed by atoms with E-state index in [4.69, 9.17) is 0 Å². The Morgan fingerprint density at radius 2 is 1.12 bits per heavy atom. The zero-order valence-corrected chi connectivity index (χ0v) is 13.2. The molecule has 0 heterocycles. The Balaban J connectivity index is 2.41. The highest BCUT2D eigenvalue weighted by Gasteiger charge is 2.00. The average Bonchev–Trinajstić information content (AvgIpc) is 2.25. The molecule has 0 nitrogen and oxygen atoms in total. The normalized spacial score (nSPS) is 14.8. The highest BCUT2D eigenvalue weighted by atomic mass is 79.9. The SMILES string of the molecule is C[C@H](Br)CCc1ccc(CC[C@@H](C)Br)cc1. The van der Waals surface area contributed by atoms with Gasteiger partial charge < -0.3 is 0 Å². The first-order valence-corrected chi connectivity index (χ1v) is 7.77. The third-order valence-corrected chi connectivity index (χ3v) is 3.60. The van der Waals surface area contributed by atoms with Crippen molar-refractivity contribution in [1.82, 2.24) is 0 Å². The van der Waals surface area contributed by atoms with E-state index in [0.29, 0.717) is 9.65 Å². The Morgan fingerprint density at radius 3 is 1.38 bits per heavy atom. The topological polar surface area (TPSA) is 0 Å². The van der Waals surface area contributed by atoms with Crippen LogP contribution in [-0.4, -0.2) is 9.65 Å². The fourth-order valence-corrected chi connectivity index (χ4v) is 2.06. The van der Waals surface area contributed by atoms with Gasteiger partial charge in [0.25, 0.3) is 0 Å². The highest BCUT2D eigenvalue weighted by molar-refractivity contribution is 9.09. The molecule has 0 aliphatic carbocycles. The summed E-state index contributed by atoms with van der Waals surface area (Å²) in [7, 11) is 0. The fourth-order valence-electron chi connectivity index (χ4n) is 1.60. The summed E-state index contributed by atoms with van der Waals surface area (Å²) in [5, 5.41) is 0. The summed E-state index contributed by atoms with van der Waals surface area (Å²) in [6.07, 6.45) is 4.75. The first-order valence-electron chi connectivity index (χ1n) is 5.94. The Morgan fingerprint density at radius 1 is 0.812 bits per heavy atom. The minimum absolute atomic E-state index is 0.612. The molecule has 1 aromatic carbocycles. The molecule has 90 valence electrons. The monoisotopic (exact) mass is 346 g/mol. The Kier molecular flexibility index (Phi) is 6.67. The molecule has 0 bridgehead atoms. The minimum Gasteiger partial charge on any atom is -0.0894 e. The molecule has 0 unspecified atom stereocenters. The van der Waals surface area contributed by atoms with Gasteiger partial charge in [-0.1, -0.05) is 70.0 Å². The number of hydrogen-bond acceptors (Lipinski definition) is 0. The molecule has 0 saturated carbocycles.